The molecule has 0 bridgehead atoms. The number of aromatic hydroxyl groups is 3. The summed E-state index contributed by atoms with van der Waals surface area (Å²) in [5.74, 6) is -0.412. The predicted molar refractivity (Wildman–Crippen MR) is 236 cm³/mol. The Morgan fingerprint density at radius 3 is 0.917 bits per heavy atom. The highest BCUT2D eigenvalue weighted by atomic mass is 16.4. The van der Waals surface area contributed by atoms with Gasteiger partial charge in [-0.25, -0.2) is 4.48 Å². The van der Waals surface area contributed by atoms with Crippen LogP contribution >= 0.6 is 0 Å². The van der Waals surface area contributed by atoms with Gasteiger partial charge in [-0.1, -0.05) is 140 Å². The number of hydrogen-bond donors (Lipinski definition) is 4. The van der Waals surface area contributed by atoms with E-state index in [1.54, 1.807) is 48.5 Å². The fraction of sp³-hybridized carbons (Fsp3) is 0.0755. The molecule has 8 rings (SSSR count). The van der Waals surface area contributed by atoms with Gasteiger partial charge in [-0.3, -0.25) is 4.79 Å². The zero-order valence-corrected chi connectivity index (χ0v) is 32.8. The smallest absolute Gasteiger partial charge is 0.309 e. The molecule has 0 heterocycles. The Kier molecular flexibility index (Phi) is 12.7. The lowest BCUT2D eigenvalue weighted by Crippen LogP contribution is -2.40. The highest BCUT2D eigenvalue weighted by Crippen LogP contribution is 2.44. The van der Waals surface area contributed by atoms with Gasteiger partial charge in [0.15, 0.2) is 0 Å². The Labute approximate surface area is 350 Å². The summed E-state index contributed by atoms with van der Waals surface area (Å²) < 4.78 is 0.384. The van der Waals surface area contributed by atoms with Gasteiger partial charge in [0.05, 0.1) is 6.42 Å². The van der Waals surface area contributed by atoms with E-state index >= 15 is 0 Å². The van der Waals surface area contributed by atoms with Crippen LogP contribution in [0.4, 0.5) is 17.1 Å². The van der Waals surface area contributed by atoms with Crippen LogP contribution in [0.5, 0.6) is 23.0 Å². The summed E-state index contributed by atoms with van der Waals surface area (Å²) in [6.07, 6.45) is 0.0820. The van der Waals surface area contributed by atoms with Crippen molar-refractivity contribution in [3.63, 3.8) is 0 Å². The van der Waals surface area contributed by atoms with E-state index in [4.69, 9.17) is 0 Å². The number of phenolic OH excluding ortho intramolecular Hbond substituents is 3. The first-order valence-corrected chi connectivity index (χ1v) is 19.7. The molecular weight excluding hydrogens is 747 g/mol. The maximum Gasteiger partial charge on any atom is 0.309 e. The first-order chi connectivity index (χ1) is 29.2. The summed E-state index contributed by atoms with van der Waals surface area (Å²) in [4.78, 5) is 11.3. The van der Waals surface area contributed by atoms with E-state index in [-0.39, 0.29) is 41.3 Å². The van der Waals surface area contributed by atoms with E-state index in [2.05, 4.69) is 60.7 Å². The Balaban J connectivity index is 0.000000197. The van der Waals surface area contributed by atoms with Crippen molar-refractivity contribution in [2.75, 3.05) is 6.54 Å². The van der Waals surface area contributed by atoms with Gasteiger partial charge in [-0.2, -0.15) is 0 Å². The van der Waals surface area contributed by atoms with Crippen LogP contribution < -0.4 is 9.59 Å². The summed E-state index contributed by atoms with van der Waals surface area (Å²) in [6, 6.07) is 66.9. The van der Waals surface area contributed by atoms with Gasteiger partial charge < -0.3 is 25.5 Å². The molecule has 7 heteroatoms. The van der Waals surface area contributed by atoms with Crippen LogP contribution in [0.25, 0.3) is 0 Å². The molecule has 1 unspecified atom stereocenters. The Bertz CT molecular complexity index is 2260. The summed E-state index contributed by atoms with van der Waals surface area (Å²) >= 11 is 0. The number of quaternary nitrogens is 1. The maximum atomic E-state index is 11.7. The minimum Gasteiger partial charge on any atom is -0.872 e. The van der Waals surface area contributed by atoms with Crippen molar-refractivity contribution < 1.29 is 30.3 Å². The molecule has 0 fully saturated rings. The molecule has 60 heavy (non-hydrogen) atoms. The molecule has 7 nitrogen and oxygen atoms in total. The van der Waals surface area contributed by atoms with Crippen molar-refractivity contribution in [1.29, 1.82) is 0 Å². The van der Waals surface area contributed by atoms with Gasteiger partial charge in [-0.15, -0.1) is 5.75 Å². The first kappa shape index (κ1) is 40.6. The van der Waals surface area contributed by atoms with Crippen LogP contribution in [0.1, 0.15) is 51.6 Å². The van der Waals surface area contributed by atoms with E-state index in [1.807, 2.05) is 103 Å². The third kappa shape index (κ3) is 9.39. The third-order valence-corrected chi connectivity index (χ3v) is 10.7. The molecule has 0 spiro atoms. The number of carboxylic acid groups (broad SMARTS) is 1. The number of rotatable bonds is 12. The zero-order valence-electron chi connectivity index (χ0n) is 32.8. The molecule has 0 radical (unpaired) electrons. The van der Waals surface area contributed by atoms with E-state index < -0.39 is 5.97 Å². The molecule has 0 saturated heterocycles. The summed E-state index contributed by atoms with van der Waals surface area (Å²) in [5.41, 5.74) is 9.31. The van der Waals surface area contributed by atoms with Crippen molar-refractivity contribution in [3.05, 3.63) is 246 Å². The fourth-order valence-corrected chi connectivity index (χ4v) is 7.84. The van der Waals surface area contributed by atoms with Gasteiger partial charge >= 0.3 is 5.97 Å². The molecule has 298 valence electrons. The highest BCUT2D eigenvalue weighted by molar-refractivity contribution is 5.74. The standard InChI is InChI=1S/C32H26O4.C21H19NO2/c33-27-13-5-23(6-14-27)31(24-7-15-28(34)16-8-24)21-1-2-22(4-3-21)32(25-9-17-29(35)18-10-25)26-11-19-30(36)20-12-26;23-21(24)16-17-22(18-10-4-1-5-11-18,19-12-6-2-7-13-19)20-14-8-3-9-15-20/h1-20,31-36H;1-15H,16-17H2. The van der Waals surface area contributed by atoms with Crippen LogP contribution in [0.2, 0.25) is 0 Å². The number of para-hydroxylation sites is 3. The van der Waals surface area contributed by atoms with Crippen molar-refractivity contribution >= 4 is 23.0 Å². The number of benzene rings is 8. The number of carbonyl (C=O) groups is 1. The zero-order chi connectivity index (χ0) is 41.9. The second-order valence-corrected chi connectivity index (χ2v) is 14.6. The van der Waals surface area contributed by atoms with Crippen molar-refractivity contribution in [1.82, 2.24) is 4.48 Å². The third-order valence-electron chi connectivity index (χ3n) is 10.7. The molecule has 8 aromatic rings. The maximum absolute atomic E-state index is 11.7. The number of phenols is 3. The lowest BCUT2D eigenvalue weighted by molar-refractivity contribution is -0.268. The Morgan fingerprint density at radius 2 is 0.650 bits per heavy atom. The molecular formula is C53H45NO6. The van der Waals surface area contributed by atoms with E-state index in [0.717, 1.165) is 50.4 Å². The first-order valence-electron chi connectivity index (χ1n) is 19.7. The normalized spacial score (nSPS) is 11.6. The summed E-state index contributed by atoms with van der Waals surface area (Å²) in [5, 5.41) is 50.4. The van der Waals surface area contributed by atoms with E-state index in [9.17, 15) is 30.3 Å². The molecule has 0 aliphatic heterocycles. The summed E-state index contributed by atoms with van der Waals surface area (Å²) in [6.45, 7) is 0.452. The van der Waals surface area contributed by atoms with Gasteiger partial charge in [0.2, 0.25) is 0 Å². The Hall–Kier alpha value is -7.61. The Morgan fingerprint density at radius 1 is 0.400 bits per heavy atom. The molecule has 1 atom stereocenters. The molecule has 4 N–H and O–H groups in total. The van der Waals surface area contributed by atoms with Crippen LogP contribution in [0.3, 0.4) is 0 Å². The summed E-state index contributed by atoms with van der Waals surface area (Å²) in [7, 11) is 0. The SMILES string of the molecule is O=C(O)CC[N+](c1ccccc1)(c1ccccc1)c1ccccc1.[O-]c1ccc(C(c2ccc(O)cc2)c2ccc(C(c3ccc(O)cc3)c3ccc(O)cc3)cc2)cc1. The monoisotopic (exact) mass is 791 g/mol. The number of nitrogens with zero attached hydrogens (tertiary/aromatic N) is 1. The molecule has 0 aromatic heterocycles. The predicted octanol–water partition coefficient (Wildman–Crippen LogP) is 11.4. The van der Waals surface area contributed by atoms with Crippen LogP contribution in [0.15, 0.2) is 212 Å². The lowest BCUT2D eigenvalue weighted by atomic mass is 9.81. The molecule has 0 saturated carbocycles. The van der Waals surface area contributed by atoms with Gasteiger partial charge in [-0.05, 0) is 106 Å². The molecule has 0 amide bonds. The highest BCUT2D eigenvalue weighted by Gasteiger charge is 2.36. The number of aliphatic carboxylic acids is 1. The van der Waals surface area contributed by atoms with E-state index in [0.29, 0.717) is 11.0 Å². The minimum atomic E-state index is -0.791. The number of carboxylic acids is 1. The quantitative estimate of drug-likeness (QED) is 0.0722. The second kappa shape index (κ2) is 18.8. The number of hydrogen-bond acceptors (Lipinski definition) is 5. The van der Waals surface area contributed by atoms with Crippen LogP contribution in [-0.2, 0) is 4.79 Å². The average Bonchev–Trinajstić information content (AvgIpc) is 3.28. The topological polar surface area (TPSA) is 121 Å². The fourth-order valence-electron chi connectivity index (χ4n) is 7.84. The lowest BCUT2D eigenvalue weighted by Gasteiger charge is -2.37. The van der Waals surface area contributed by atoms with Crippen molar-refractivity contribution in [3.8, 4) is 23.0 Å². The van der Waals surface area contributed by atoms with Gasteiger partial charge in [0, 0.05) is 11.8 Å². The van der Waals surface area contributed by atoms with Crippen molar-refractivity contribution in [2.24, 2.45) is 0 Å². The van der Waals surface area contributed by atoms with Crippen LogP contribution in [0, 0.1) is 0 Å². The second-order valence-electron chi connectivity index (χ2n) is 14.6. The van der Waals surface area contributed by atoms with Crippen LogP contribution in [-0.4, -0.2) is 32.9 Å². The molecule has 0 aliphatic carbocycles. The van der Waals surface area contributed by atoms with Gasteiger partial charge in [0.25, 0.3) is 0 Å². The molecule has 0 aliphatic rings. The van der Waals surface area contributed by atoms with Crippen molar-refractivity contribution in [2.45, 2.75) is 18.3 Å². The van der Waals surface area contributed by atoms with Gasteiger partial charge in [0.1, 0.15) is 40.9 Å². The molecule has 8 aromatic carbocycles. The van der Waals surface area contributed by atoms with E-state index in [1.165, 1.54) is 0 Å². The minimum absolute atomic E-state index is 0.0378. The average molecular weight is 792 g/mol. The largest absolute Gasteiger partial charge is 0.872 e.